The van der Waals surface area contributed by atoms with E-state index < -0.39 is 13.4 Å². The molecule has 0 saturated heterocycles. The van der Waals surface area contributed by atoms with Gasteiger partial charge in [0, 0.05) is 5.56 Å². The Morgan fingerprint density at radius 2 is 1.40 bits per heavy atom. The second-order valence-corrected chi connectivity index (χ2v) is 10.1. The zero-order chi connectivity index (χ0) is 22.2. The first kappa shape index (κ1) is 26.9. The number of aliphatic hydroxyl groups excluding tert-OH is 1. The van der Waals surface area contributed by atoms with Crippen LogP contribution in [0.3, 0.4) is 0 Å². The maximum absolute atomic E-state index is 13.5. The largest absolute Gasteiger partial charge is 0.371 e. The molecule has 0 aliphatic rings. The molecule has 3 atom stereocenters. The van der Waals surface area contributed by atoms with Gasteiger partial charge in [0.1, 0.15) is 0 Å². The van der Waals surface area contributed by atoms with Gasteiger partial charge >= 0.3 is 7.60 Å². The molecule has 0 amide bonds. The average molecular weight is 437 g/mol. The van der Waals surface area contributed by atoms with E-state index in [1.54, 1.807) is 0 Å². The molecule has 0 heterocycles. The molecule has 4 nitrogen and oxygen atoms in total. The van der Waals surface area contributed by atoms with E-state index in [-0.39, 0.29) is 0 Å². The first-order valence-electron chi connectivity index (χ1n) is 11.6. The van der Waals surface area contributed by atoms with Crippen LogP contribution in [0.1, 0.15) is 84.6 Å². The fourth-order valence-electron chi connectivity index (χ4n) is 3.14. The average Bonchev–Trinajstić information content (AvgIpc) is 2.78. The summed E-state index contributed by atoms with van der Waals surface area (Å²) in [4.78, 5) is 0. The number of hydrogen-bond acceptors (Lipinski definition) is 4. The molecule has 170 valence electrons. The molecule has 5 heteroatoms. The van der Waals surface area contributed by atoms with E-state index in [9.17, 15) is 9.67 Å². The van der Waals surface area contributed by atoms with Gasteiger partial charge in [-0.3, -0.25) is 4.57 Å². The Morgan fingerprint density at radius 1 is 0.900 bits per heavy atom. The molecule has 1 rings (SSSR count). The van der Waals surface area contributed by atoms with E-state index in [0.717, 1.165) is 56.9 Å². The van der Waals surface area contributed by atoms with E-state index in [1.165, 1.54) is 0 Å². The van der Waals surface area contributed by atoms with Gasteiger partial charge in [0.2, 0.25) is 5.85 Å². The van der Waals surface area contributed by atoms with Crippen LogP contribution in [0.4, 0.5) is 0 Å². The summed E-state index contributed by atoms with van der Waals surface area (Å²) in [5, 5.41) is 10.7. The van der Waals surface area contributed by atoms with Crippen molar-refractivity contribution in [2.75, 3.05) is 13.2 Å². The van der Waals surface area contributed by atoms with Gasteiger partial charge in [-0.1, -0.05) is 96.3 Å². The van der Waals surface area contributed by atoms with E-state index >= 15 is 0 Å². The summed E-state index contributed by atoms with van der Waals surface area (Å²) in [7, 11) is -3.76. The fraction of sp³-hybridized carbons (Fsp3) is 0.680. The van der Waals surface area contributed by atoms with E-state index in [4.69, 9.17) is 9.05 Å². The molecule has 0 spiro atoms. The second-order valence-electron chi connectivity index (χ2n) is 7.97. The molecule has 30 heavy (non-hydrogen) atoms. The van der Waals surface area contributed by atoms with Crippen molar-refractivity contribution in [1.29, 1.82) is 0 Å². The fourth-order valence-corrected chi connectivity index (χ4v) is 4.56. The first-order chi connectivity index (χ1) is 14.5. The molecule has 0 aliphatic heterocycles. The van der Waals surface area contributed by atoms with Crippen molar-refractivity contribution < 1.29 is 18.7 Å². The third-order valence-corrected chi connectivity index (χ3v) is 7.23. The molecule has 0 bridgehead atoms. The molecule has 1 aromatic rings. The summed E-state index contributed by atoms with van der Waals surface area (Å²) in [5.41, 5.74) is 0.756. The van der Waals surface area contributed by atoms with Crippen molar-refractivity contribution in [1.82, 2.24) is 0 Å². The monoisotopic (exact) mass is 436 g/mol. The van der Waals surface area contributed by atoms with Gasteiger partial charge in [-0.25, -0.2) is 0 Å². The molecule has 1 N–H and O–H groups in total. The normalized spacial score (nSPS) is 16.2. The van der Waals surface area contributed by atoms with Crippen LogP contribution >= 0.6 is 7.60 Å². The molecular formula is C25H41O4P. The Balaban J connectivity index is 2.90. The summed E-state index contributed by atoms with van der Waals surface area (Å²) in [5.74, 6) is 4.75. The van der Waals surface area contributed by atoms with Gasteiger partial charge in [-0.15, -0.1) is 0 Å². The van der Waals surface area contributed by atoms with Crippen molar-refractivity contribution in [3.8, 4) is 11.8 Å². The Kier molecular flexibility index (Phi) is 14.1. The van der Waals surface area contributed by atoms with Gasteiger partial charge in [0.15, 0.2) is 0 Å². The molecule has 0 aliphatic carbocycles. The van der Waals surface area contributed by atoms with Gasteiger partial charge in [0.25, 0.3) is 0 Å². The predicted octanol–water partition coefficient (Wildman–Crippen LogP) is 7.02. The molecule has 0 aromatic heterocycles. The number of aliphatic hydroxyl groups is 1. The van der Waals surface area contributed by atoms with Gasteiger partial charge in [-0.2, -0.15) is 0 Å². The Morgan fingerprint density at radius 3 is 1.83 bits per heavy atom. The van der Waals surface area contributed by atoms with Crippen LogP contribution in [0.15, 0.2) is 30.3 Å². The summed E-state index contributed by atoms with van der Waals surface area (Å²) in [6.07, 6.45) is 8.38. The summed E-state index contributed by atoms with van der Waals surface area (Å²) < 4.78 is 25.1. The maximum atomic E-state index is 13.5. The second kappa shape index (κ2) is 15.7. The molecular weight excluding hydrogens is 395 g/mol. The summed E-state index contributed by atoms with van der Waals surface area (Å²) in [6, 6.07) is 9.36. The van der Waals surface area contributed by atoms with E-state index in [1.807, 2.05) is 30.3 Å². The third kappa shape index (κ3) is 10.3. The topological polar surface area (TPSA) is 55.8 Å². The lowest BCUT2D eigenvalue weighted by Crippen LogP contribution is -2.18. The summed E-state index contributed by atoms with van der Waals surface area (Å²) >= 11 is 0. The lowest BCUT2D eigenvalue weighted by Gasteiger charge is -2.25. The summed E-state index contributed by atoms with van der Waals surface area (Å²) in [6.45, 7) is 9.18. The molecule has 0 radical (unpaired) electrons. The lowest BCUT2D eigenvalue weighted by molar-refractivity contribution is 0.124. The van der Waals surface area contributed by atoms with Crippen molar-refractivity contribution >= 4 is 7.60 Å². The van der Waals surface area contributed by atoms with Gasteiger partial charge < -0.3 is 14.2 Å². The Hall–Kier alpha value is -1.11. The van der Waals surface area contributed by atoms with Crippen LogP contribution in [0.2, 0.25) is 0 Å². The van der Waals surface area contributed by atoms with Crippen LogP contribution in [-0.4, -0.2) is 24.2 Å². The maximum Gasteiger partial charge on any atom is 0.371 e. The van der Waals surface area contributed by atoms with Crippen LogP contribution in [0.5, 0.6) is 0 Å². The molecule has 0 fully saturated rings. The van der Waals surface area contributed by atoms with Crippen molar-refractivity contribution in [2.45, 2.75) is 84.9 Å². The van der Waals surface area contributed by atoms with Crippen molar-refractivity contribution in [3.63, 3.8) is 0 Å². The minimum absolute atomic E-state index is 0.304. The van der Waals surface area contributed by atoms with Crippen molar-refractivity contribution in [3.05, 3.63) is 35.9 Å². The highest BCUT2D eigenvalue weighted by Gasteiger charge is 2.35. The number of hydrogen-bond donors (Lipinski definition) is 1. The van der Waals surface area contributed by atoms with Crippen molar-refractivity contribution in [2.24, 2.45) is 11.8 Å². The van der Waals surface area contributed by atoms with E-state index in [2.05, 4.69) is 39.5 Å². The van der Waals surface area contributed by atoms with Crippen LogP contribution in [0, 0.1) is 23.7 Å². The number of unbranched alkanes of at least 4 members (excludes halogenated alkanes) is 2. The predicted molar refractivity (Wildman–Crippen MR) is 125 cm³/mol. The zero-order valence-electron chi connectivity index (χ0n) is 19.3. The highest BCUT2D eigenvalue weighted by atomic mass is 31.2. The first-order valence-corrected chi connectivity index (χ1v) is 13.2. The Labute approximate surface area is 184 Å². The van der Waals surface area contributed by atoms with Crippen LogP contribution in [0.25, 0.3) is 0 Å². The van der Waals surface area contributed by atoms with Gasteiger partial charge in [-0.05, 0) is 36.8 Å². The quantitative estimate of drug-likeness (QED) is 0.237. The smallest absolute Gasteiger partial charge is 0.370 e. The highest BCUT2D eigenvalue weighted by Crippen LogP contribution is 2.53. The van der Waals surface area contributed by atoms with Crippen LogP contribution in [-0.2, 0) is 13.6 Å². The SMILES string of the molecule is CCCCC(CC)COP(=O)(OCC(CC)CCCC)C(O)C#Cc1ccccc1. The third-order valence-electron chi connectivity index (χ3n) is 5.49. The highest BCUT2D eigenvalue weighted by molar-refractivity contribution is 7.54. The van der Waals surface area contributed by atoms with Gasteiger partial charge in [0.05, 0.1) is 13.2 Å². The minimum Gasteiger partial charge on any atom is -0.370 e. The zero-order valence-corrected chi connectivity index (χ0v) is 20.2. The molecule has 0 saturated carbocycles. The minimum atomic E-state index is -3.76. The lowest BCUT2D eigenvalue weighted by atomic mass is 10.0. The molecule has 1 aromatic carbocycles. The molecule has 3 unspecified atom stereocenters. The number of benzene rings is 1. The standard InChI is InChI=1S/C25H41O4P/c1-5-9-14-22(7-3)20-28-30(27,29-21-23(8-4)15-10-6-2)25(26)19-18-24-16-12-11-13-17-24/h11-13,16-17,22-23,25-26H,5-10,14-15,20-21H2,1-4H3. The van der Waals surface area contributed by atoms with E-state index in [0.29, 0.717) is 25.0 Å². The van der Waals surface area contributed by atoms with Crippen LogP contribution < -0.4 is 0 Å². The Bertz CT molecular complexity index is 641. The number of rotatable bonds is 15.